The molecular formula is C12H16N2O5. The molecule has 0 radical (unpaired) electrons. The Morgan fingerprint density at radius 2 is 2.21 bits per heavy atom. The van der Waals surface area contributed by atoms with Crippen molar-refractivity contribution in [3.63, 3.8) is 0 Å². The van der Waals surface area contributed by atoms with Gasteiger partial charge in [-0.2, -0.15) is 0 Å². The predicted octanol–water partition coefficient (Wildman–Crippen LogP) is 1.15. The quantitative estimate of drug-likeness (QED) is 0.505. The summed E-state index contributed by atoms with van der Waals surface area (Å²) in [6.45, 7) is 2.28. The van der Waals surface area contributed by atoms with E-state index in [1.165, 1.54) is 12.1 Å². The van der Waals surface area contributed by atoms with Gasteiger partial charge >= 0.3 is 5.97 Å². The number of nitro groups is 1. The Balaban J connectivity index is 2.91. The van der Waals surface area contributed by atoms with E-state index in [0.29, 0.717) is 18.5 Å². The zero-order chi connectivity index (χ0) is 14.4. The maximum absolute atomic E-state index is 11.1. The number of carboxylic acids is 1. The molecule has 0 bridgehead atoms. The van der Waals surface area contributed by atoms with Crippen LogP contribution in [0.2, 0.25) is 0 Å². The van der Waals surface area contributed by atoms with Crippen molar-refractivity contribution in [3.8, 4) is 0 Å². The summed E-state index contributed by atoms with van der Waals surface area (Å²) in [5.41, 5.74) is -0.418. The fraction of sp³-hybridized carbons (Fsp3) is 0.417. The van der Waals surface area contributed by atoms with Crippen LogP contribution in [0.3, 0.4) is 0 Å². The molecule has 3 N–H and O–H groups in total. The summed E-state index contributed by atoms with van der Waals surface area (Å²) in [6, 6.07) is 4.12. The molecule has 19 heavy (non-hydrogen) atoms. The molecule has 1 aromatic rings. The Bertz CT molecular complexity index is 475. The molecule has 0 saturated carbocycles. The van der Waals surface area contributed by atoms with Crippen LogP contribution in [0.1, 0.15) is 29.3 Å². The lowest BCUT2D eigenvalue weighted by Crippen LogP contribution is -2.26. The number of hydrogen-bond acceptors (Lipinski definition) is 5. The SMILES string of the molecule is CCC(O)CNCc1cccc([N+](=O)[O-])c1C(=O)O. The molecule has 1 atom stereocenters. The second kappa shape index (κ2) is 6.81. The van der Waals surface area contributed by atoms with E-state index in [1.54, 1.807) is 0 Å². The molecule has 1 rings (SSSR count). The molecule has 104 valence electrons. The third kappa shape index (κ3) is 4.01. The summed E-state index contributed by atoms with van der Waals surface area (Å²) >= 11 is 0. The molecule has 0 amide bonds. The summed E-state index contributed by atoms with van der Waals surface area (Å²) < 4.78 is 0. The minimum absolute atomic E-state index is 0.153. The maximum atomic E-state index is 11.1. The lowest BCUT2D eigenvalue weighted by molar-refractivity contribution is -0.385. The summed E-state index contributed by atoms with van der Waals surface area (Å²) in [4.78, 5) is 21.2. The topological polar surface area (TPSA) is 113 Å². The second-order valence-electron chi connectivity index (χ2n) is 4.07. The van der Waals surface area contributed by atoms with Crippen molar-refractivity contribution in [2.45, 2.75) is 26.0 Å². The molecule has 0 saturated heterocycles. The minimum Gasteiger partial charge on any atom is -0.477 e. The number of hydrogen-bond donors (Lipinski definition) is 3. The van der Waals surface area contributed by atoms with Crippen molar-refractivity contribution in [2.24, 2.45) is 0 Å². The molecule has 0 heterocycles. The highest BCUT2D eigenvalue weighted by molar-refractivity contribution is 5.94. The van der Waals surface area contributed by atoms with Crippen molar-refractivity contribution in [2.75, 3.05) is 6.54 Å². The highest BCUT2D eigenvalue weighted by atomic mass is 16.6. The van der Waals surface area contributed by atoms with Gasteiger partial charge in [0.25, 0.3) is 5.69 Å². The Hall–Kier alpha value is -1.99. The Morgan fingerprint density at radius 1 is 1.53 bits per heavy atom. The number of benzene rings is 1. The Kier molecular flexibility index (Phi) is 5.40. The van der Waals surface area contributed by atoms with Gasteiger partial charge in [-0.15, -0.1) is 0 Å². The lowest BCUT2D eigenvalue weighted by Gasteiger charge is -2.11. The van der Waals surface area contributed by atoms with Gasteiger partial charge in [0, 0.05) is 19.2 Å². The number of carbonyl (C=O) groups is 1. The average Bonchev–Trinajstić information content (AvgIpc) is 2.37. The first-order valence-electron chi connectivity index (χ1n) is 5.85. The van der Waals surface area contributed by atoms with E-state index in [0.717, 1.165) is 6.07 Å². The van der Waals surface area contributed by atoms with Crippen molar-refractivity contribution in [3.05, 3.63) is 39.4 Å². The van der Waals surface area contributed by atoms with E-state index in [4.69, 9.17) is 5.11 Å². The van der Waals surface area contributed by atoms with Crippen LogP contribution in [0.5, 0.6) is 0 Å². The molecule has 1 unspecified atom stereocenters. The second-order valence-corrected chi connectivity index (χ2v) is 4.07. The van der Waals surface area contributed by atoms with E-state index in [-0.39, 0.29) is 12.1 Å². The van der Waals surface area contributed by atoms with Crippen molar-refractivity contribution in [1.29, 1.82) is 0 Å². The highest BCUT2D eigenvalue weighted by Crippen LogP contribution is 2.22. The number of aliphatic hydroxyl groups excluding tert-OH is 1. The van der Waals surface area contributed by atoms with Gasteiger partial charge in [0.1, 0.15) is 5.56 Å². The predicted molar refractivity (Wildman–Crippen MR) is 68.1 cm³/mol. The number of aromatic carboxylic acids is 1. The zero-order valence-corrected chi connectivity index (χ0v) is 10.5. The first-order chi connectivity index (χ1) is 8.97. The monoisotopic (exact) mass is 268 g/mol. The van der Waals surface area contributed by atoms with Crippen LogP contribution in [-0.2, 0) is 6.54 Å². The van der Waals surface area contributed by atoms with Crippen molar-refractivity contribution in [1.82, 2.24) is 5.32 Å². The van der Waals surface area contributed by atoms with E-state index in [9.17, 15) is 20.0 Å². The van der Waals surface area contributed by atoms with Crippen molar-refractivity contribution < 1.29 is 19.9 Å². The average molecular weight is 268 g/mol. The molecule has 7 heteroatoms. The van der Waals surface area contributed by atoms with Crippen LogP contribution < -0.4 is 5.32 Å². The Labute approximate surface area is 110 Å². The summed E-state index contributed by atoms with van der Waals surface area (Å²) in [5.74, 6) is -1.33. The first-order valence-corrected chi connectivity index (χ1v) is 5.85. The Morgan fingerprint density at radius 3 is 2.74 bits per heavy atom. The van der Waals surface area contributed by atoms with Crippen LogP contribution in [0, 0.1) is 10.1 Å². The number of rotatable bonds is 7. The summed E-state index contributed by atoms with van der Waals surface area (Å²) in [6.07, 6.45) is 0.0558. The first kappa shape index (κ1) is 15.1. The van der Waals surface area contributed by atoms with Crippen LogP contribution in [0.25, 0.3) is 0 Å². The number of nitrogens with zero attached hydrogens (tertiary/aromatic N) is 1. The molecule has 0 aliphatic rings. The van der Waals surface area contributed by atoms with Crippen LogP contribution in [-0.4, -0.2) is 33.8 Å². The van der Waals surface area contributed by atoms with Crippen LogP contribution in [0.4, 0.5) is 5.69 Å². The third-order valence-electron chi connectivity index (χ3n) is 2.71. The van der Waals surface area contributed by atoms with E-state index in [1.807, 2.05) is 6.92 Å². The van der Waals surface area contributed by atoms with E-state index >= 15 is 0 Å². The van der Waals surface area contributed by atoms with Gasteiger partial charge in [0.15, 0.2) is 0 Å². The maximum Gasteiger partial charge on any atom is 0.343 e. The van der Waals surface area contributed by atoms with Gasteiger partial charge in [-0.25, -0.2) is 4.79 Å². The summed E-state index contributed by atoms with van der Waals surface area (Å²) in [7, 11) is 0. The standard InChI is InChI=1S/C12H16N2O5/c1-2-9(15)7-13-6-8-4-3-5-10(14(18)19)11(8)12(16)17/h3-5,9,13,15H,2,6-7H2,1H3,(H,16,17). The normalized spacial score (nSPS) is 12.1. The molecule has 7 nitrogen and oxygen atoms in total. The van der Waals surface area contributed by atoms with Gasteiger partial charge in [0.2, 0.25) is 0 Å². The lowest BCUT2D eigenvalue weighted by atomic mass is 10.1. The van der Waals surface area contributed by atoms with E-state index in [2.05, 4.69) is 5.32 Å². The van der Waals surface area contributed by atoms with Gasteiger partial charge in [0.05, 0.1) is 11.0 Å². The molecule has 0 aliphatic heterocycles. The minimum atomic E-state index is -1.33. The van der Waals surface area contributed by atoms with Crippen LogP contribution >= 0.6 is 0 Å². The highest BCUT2D eigenvalue weighted by Gasteiger charge is 2.23. The van der Waals surface area contributed by atoms with E-state index < -0.39 is 22.7 Å². The molecular weight excluding hydrogens is 252 g/mol. The molecule has 0 aromatic heterocycles. The van der Waals surface area contributed by atoms with Gasteiger partial charge in [-0.3, -0.25) is 10.1 Å². The number of nitro benzene ring substituents is 1. The van der Waals surface area contributed by atoms with Crippen LogP contribution in [0.15, 0.2) is 18.2 Å². The third-order valence-corrected chi connectivity index (χ3v) is 2.71. The van der Waals surface area contributed by atoms with Gasteiger partial charge < -0.3 is 15.5 Å². The number of aliphatic hydroxyl groups is 1. The fourth-order valence-corrected chi connectivity index (χ4v) is 1.65. The molecule has 0 spiro atoms. The van der Waals surface area contributed by atoms with Crippen molar-refractivity contribution >= 4 is 11.7 Å². The number of carboxylic acid groups (broad SMARTS) is 1. The van der Waals surface area contributed by atoms with Gasteiger partial charge in [-0.05, 0) is 12.0 Å². The summed E-state index contributed by atoms with van der Waals surface area (Å²) in [5, 5.41) is 32.1. The molecule has 0 fully saturated rings. The fourth-order valence-electron chi connectivity index (χ4n) is 1.65. The van der Waals surface area contributed by atoms with Gasteiger partial charge in [-0.1, -0.05) is 19.1 Å². The number of nitrogens with one attached hydrogen (secondary N) is 1. The smallest absolute Gasteiger partial charge is 0.343 e. The molecule has 0 aliphatic carbocycles. The largest absolute Gasteiger partial charge is 0.477 e. The molecule has 1 aromatic carbocycles. The zero-order valence-electron chi connectivity index (χ0n) is 10.5.